The van der Waals surface area contributed by atoms with Gasteiger partial charge in [-0.1, -0.05) is 75.7 Å². The number of amides is 1. The summed E-state index contributed by atoms with van der Waals surface area (Å²) < 4.78 is 19.9. The number of allylic oxidation sites excluding steroid dienone is 1. The number of Topliss-reactive ketones (excluding diaryl/α,β-unsaturated/α-hetero) is 1. The monoisotopic (exact) mass is 685 g/mol. The minimum Gasteiger partial charge on any atom is -0.481 e. The predicted molar refractivity (Wildman–Crippen MR) is 185 cm³/mol. The van der Waals surface area contributed by atoms with Crippen LogP contribution in [0.25, 0.3) is 0 Å². The maximum absolute atomic E-state index is 13.7. The van der Waals surface area contributed by atoms with Gasteiger partial charge in [-0.05, 0) is 50.3 Å². The molecule has 1 amide bonds. The Morgan fingerprint density at radius 3 is 2.08 bits per heavy atom. The number of esters is 3. The van der Waals surface area contributed by atoms with Crippen LogP contribution in [0.4, 0.5) is 0 Å². The molecule has 0 unspecified atom stereocenters. The van der Waals surface area contributed by atoms with Gasteiger partial charge in [0.15, 0.2) is 5.60 Å². The van der Waals surface area contributed by atoms with Crippen molar-refractivity contribution in [1.82, 2.24) is 5.32 Å². The van der Waals surface area contributed by atoms with Crippen molar-refractivity contribution in [1.29, 1.82) is 0 Å². The van der Waals surface area contributed by atoms with E-state index >= 15 is 0 Å². The number of aliphatic hydroxyl groups is 1. The number of hydrogen-bond acceptors (Lipinski definition) is 10. The Labute approximate surface area is 291 Å². The standard InChI is InChI=1S/C38H55NO10/c1-6-8-10-13-16-19-30(40)20-17-14-11-12-15-18-21-32(38(45,37(44)48-5)28-34(41)46-3)35(42)39-33(36(43)47-4)27-29-22-24-31(25-23-29)49-26-9-7-2/h18,21-25,32-33,45H,6,8,10-17,19-20,26-28H2,1-5H3,(H,39,42)/b21-18+/t32-,33+,38+/m1/s1. The number of ketones is 1. The van der Waals surface area contributed by atoms with Crippen molar-refractivity contribution in [2.24, 2.45) is 5.92 Å². The predicted octanol–water partition coefficient (Wildman–Crippen LogP) is 5.20. The van der Waals surface area contributed by atoms with E-state index in [-0.39, 0.29) is 13.0 Å². The average molecular weight is 686 g/mol. The Bertz CT molecular complexity index is 1260. The molecule has 3 atom stereocenters. The Hall–Kier alpha value is -4.17. The second-order valence-corrected chi connectivity index (χ2v) is 11.9. The van der Waals surface area contributed by atoms with Gasteiger partial charge in [0, 0.05) is 19.3 Å². The molecule has 0 bridgehead atoms. The van der Waals surface area contributed by atoms with Crippen LogP contribution in [0.2, 0.25) is 0 Å². The van der Waals surface area contributed by atoms with Gasteiger partial charge in [0.25, 0.3) is 0 Å². The van der Waals surface area contributed by atoms with E-state index in [1.807, 2.05) is 0 Å². The summed E-state index contributed by atoms with van der Waals surface area (Å²) in [6, 6.07) is 5.66. The smallest absolute Gasteiger partial charge is 0.339 e. The molecular weight excluding hydrogens is 630 g/mol. The molecule has 1 aromatic rings. The summed E-state index contributed by atoms with van der Waals surface area (Å²) in [6.07, 6.45) is 12.7. The molecular formula is C38H55NO10. The number of rotatable bonds is 25. The second kappa shape index (κ2) is 24.9. The molecule has 0 fully saturated rings. The molecule has 49 heavy (non-hydrogen) atoms. The van der Waals surface area contributed by atoms with Gasteiger partial charge >= 0.3 is 17.9 Å². The van der Waals surface area contributed by atoms with Crippen LogP contribution in [-0.4, -0.2) is 74.3 Å². The highest BCUT2D eigenvalue weighted by molar-refractivity contribution is 5.95. The van der Waals surface area contributed by atoms with Crippen LogP contribution in [-0.2, 0) is 44.6 Å². The number of methoxy groups -OCH3 is 3. The van der Waals surface area contributed by atoms with Crippen LogP contribution in [0.15, 0.2) is 36.4 Å². The van der Waals surface area contributed by atoms with Gasteiger partial charge < -0.3 is 29.4 Å². The summed E-state index contributed by atoms with van der Waals surface area (Å²) in [5.41, 5.74) is -1.96. The Kier molecular flexibility index (Phi) is 21.8. The number of hydrogen-bond donors (Lipinski definition) is 2. The summed E-state index contributed by atoms with van der Waals surface area (Å²) in [5.74, 6) is 1.00. The lowest BCUT2D eigenvalue weighted by molar-refractivity contribution is -0.176. The molecule has 0 saturated heterocycles. The average Bonchev–Trinajstić information content (AvgIpc) is 3.10. The number of ether oxygens (including phenoxy) is 4. The zero-order chi connectivity index (χ0) is 36.5. The summed E-state index contributed by atoms with van der Waals surface area (Å²) >= 11 is 0. The lowest BCUT2D eigenvalue weighted by Gasteiger charge is -2.31. The van der Waals surface area contributed by atoms with Gasteiger partial charge in [-0.3, -0.25) is 14.4 Å². The molecule has 11 nitrogen and oxygen atoms in total. The molecule has 272 valence electrons. The first kappa shape index (κ1) is 42.9. The molecule has 1 aromatic carbocycles. The molecule has 0 spiro atoms. The van der Waals surface area contributed by atoms with E-state index in [2.05, 4.69) is 28.8 Å². The minimum atomic E-state index is -2.62. The van der Waals surface area contributed by atoms with Gasteiger partial charge in [0.2, 0.25) is 5.91 Å². The van der Waals surface area contributed by atoms with Crippen LogP contribution < -0.4 is 10.1 Å². The number of carbonyl (C=O) groups is 5. The Morgan fingerprint density at radius 1 is 0.878 bits per heavy atom. The molecule has 0 saturated carbocycles. The maximum atomic E-state index is 13.7. The van der Waals surface area contributed by atoms with E-state index < -0.39 is 47.8 Å². The van der Waals surface area contributed by atoms with Crippen molar-refractivity contribution < 1.29 is 48.0 Å². The molecule has 1 rings (SSSR count). The van der Waals surface area contributed by atoms with E-state index in [1.165, 1.54) is 32.4 Å². The molecule has 0 heterocycles. The molecule has 0 aliphatic heterocycles. The van der Waals surface area contributed by atoms with Crippen LogP contribution in [0.1, 0.15) is 103 Å². The van der Waals surface area contributed by atoms with Crippen molar-refractivity contribution in [3.05, 3.63) is 42.0 Å². The van der Waals surface area contributed by atoms with E-state index in [1.54, 1.807) is 37.3 Å². The van der Waals surface area contributed by atoms with Crippen LogP contribution in [0.5, 0.6) is 5.75 Å². The van der Waals surface area contributed by atoms with Crippen LogP contribution >= 0.6 is 0 Å². The highest BCUT2D eigenvalue weighted by atomic mass is 16.5. The first-order chi connectivity index (χ1) is 23.6. The quantitative estimate of drug-likeness (QED) is 0.0462. The lowest BCUT2D eigenvalue weighted by atomic mass is 9.82. The summed E-state index contributed by atoms with van der Waals surface area (Å²) in [7, 11) is 3.30. The normalized spacial score (nSPS) is 13.3. The highest BCUT2D eigenvalue weighted by Gasteiger charge is 2.50. The number of nitrogens with one attached hydrogen (secondary N) is 1. The molecule has 0 aromatic heterocycles. The fourth-order valence-electron chi connectivity index (χ4n) is 5.21. The third kappa shape index (κ3) is 16.7. The zero-order valence-corrected chi connectivity index (χ0v) is 29.8. The Balaban J connectivity index is 2.99. The van der Waals surface area contributed by atoms with Gasteiger partial charge in [0.05, 0.1) is 33.7 Å². The molecule has 2 N–H and O–H groups in total. The van der Waals surface area contributed by atoms with Crippen LogP contribution in [0.3, 0.4) is 0 Å². The highest BCUT2D eigenvalue weighted by Crippen LogP contribution is 2.27. The molecule has 0 radical (unpaired) electrons. The summed E-state index contributed by atoms with van der Waals surface area (Å²) in [6.45, 7) is 4.10. The van der Waals surface area contributed by atoms with Gasteiger partial charge in [-0.15, -0.1) is 5.92 Å². The Morgan fingerprint density at radius 2 is 1.51 bits per heavy atom. The van der Waals surface area contributed by atoms with Crippen molar-refractivity contribution >= 4 is 29.6 Å². The van der Waals surface area contributed by atoms with E-state index in [0.717, 1.165) is 52.7 Å². The van der Waals surface area contributed by atoms with Crippen molar-refractivity contribution in [2.45, 2.75) is 115 Å². The zero-order valence-electron chi connectivity index (χ0n) is 29.8. The number of unbranched alkanes of at least 4 members (excludes halogenated alkanes) is 8. The third-order valence-corrected chi connectivity index (χ3v) is 8.09. The van der Waals surface area contributed by atoms with E-state index in [9.17, 15) is 29.1 Å². The maximum Gasteiger partial charge on any atom is 0.339 e. The largest absolute Gasteiger partial charge is 0.481 e. The minimum absolute atomic E-state index is 0.0267. The second-order valence-electron chi connectivity index (χ2n) is 11.9. The topological polar surface area (TPSA) is 155 Å². The molecule has 11 heteroatoms. The van der Waals surface area contributed by atoms with E-state index in [4.69, 9.17) is 14.2 Å². The van der Waals surface area contributed by atoms with Gasteiger partial charge in [-0.25, -0.2) is 9.59 Å². The lowest BCUT2D eigenvalue weighted by Crippen LogP contribution is -2.56. The van der Waals surface area contributed by atoms with Crippen LogP contribution in [0, 0.1) is 17.8 Å². The SMILES string of the molecule is CC#CCOc1ccc(C[C@H](NC(=O)[C@@H](/C=C/CCCCCCC(=O)CCCCCCC)[C@@](O)(CC(=O)OC)C(=O)OC)C(=O)OC)cc1. The molecule has 0 aliphatic rings. The first-order valence-electron chi connectivity index (χ1n) is 17.1. The summed E-state index contributed by atoms with van der Waals surface area (Å²) in [4.78, 5) is 63.8. The third-order valence-electron chi connectivity index (χ3n) is 8.09. The number of benzene rings is 1. The fraction of sp³-hybridized carbons (Fsp3) is 0.605. The first-order valence-corrected chi connectivity index (χ1v) is 17.1. The summed E-state index contributed by atoms with van der Waals surface area (Å²) in [5, 5.41) is 14.1. The van der Waals surface area contributed by atoms with Gasteiger partial charge in [0.1, 0.15) is 24.2 Å². The van der Waals surface area contributed by atoms with Crippen molar-refractivity contribution in [3.8, 4) is 17.6 Å². The van der Waals surface area contributed by atoms with E-state index in [0.29, 0.717) is 36.4 Å². The van der Waals surface area contributed by atoms with Crippen molar-refractivity contribution in [3.63, 3.8) is 0 Å². The number of carbonyl (C=O) groups excluding carboxylic acids is 5. The fourth-order valence-corrected chi connectivity index (χ4v) is 5.21. The molecule has 0 aliphatic carbocycles. The van der Waals surface area contributed by atoms with Crippen molar-refractivity contribution in [2.75, 3.05) is 27.9 Å². The van der Waals surface area contributed by atoms with Gasteiger partial charge in [-0.2, -0.15) is 0 Å².